The van der Waals surface area contributed by atoms with Crippen LogP contribution in [-0.4, -0.2) is 14.7 Å². The summed E-state index contributed by atoms with van der Waals surface area (Å²) in [5.41, 5.74) is 1.08. The summed E-state index contributed by atoms with van der Waals surface area (Å²) >= 11 is 6.04. The molecule has 1 aromatic carbocycles. The van der Waals surface area contributed by atoms with Gasteiger partial charge in [0.15, 0.2) is 0 Å². The molecule has 5 nitrogen and oxygen atoms in total. The second-order valence-corrected chi connectivity index (χ2v) is 6.16. The van der Waals surface area contributed by atoms with E-state index in [1.165, 1.54) is 0 Å². The lowest BCUT2D eigenvalue weighted by molar-refractivity contribution is 0.518. The number of furan rings is 1. The first-order valence-corrected chi connectivity index (χ1v) is 7.74. The van der Waals surface area contributed by atoms with Crippen molar-refractivity contribution in [1.82, 2.24) is 0 Å². The topological polar surface area (TPSA) is 71.3 Å². The van der Waals surface area contributed by atoms with E-state index >= 15 is 0 Å². The molecule has 0 saturated heterocycles. The van der Waals surface area contributed by atoms with E-state index in [2.05, 4.69) is 10.0 Å². The molecule has 19 heavy (non-hydrogen) atoms. The summed E-state index contributed by atoms with van der Waals surface area (Å²) in [5.74, 6) is 0.762. The van der Waals surface area contributed by atoms with Crippen molar-refractivity contribution in [2.24, 2.45) is 0 Å². The first-order chi connectivity index (χ1) is 8.94. The third-order valence-electron chi connectivity index (χ3n) is 2.30. The van der Waals surface area contributed by atoms with Gasteiger partial charge in [0.25, 0.3) is 0 Å². The minimum Gasteiger partial charge on any atom is -0.467 e. The molecule has 0 unspecified atom stereocenters. The summed E-state index contributed by atoms with van der Waals surface area (Å²) < 4.78 is 29.9. The fraction of sp³-hybridized carbons (Fsp3) is 0.167. The zero-order valence-corrected chi connectivity index (χ0v) is 11.8. The quantitative estimate of drug-likeness (QED) is 0.890. The predicted octanol–water partition coefficient (Wildman–Crippen LogP) is 2.92. The van der Waals surface area contributed by atoms with Crippen LogP contribution in [0.5, 0.6) is 0 Å². The molecule has 2 rings (SSSR count). The standard InChI is InChI=1S/C12H13ClN2O3S/c1-19(16,17)15-9-4-5-11(13)12(7-9)14-8-10-3-2-6-18-10/h2-7,14-15H,8H2,1H3. The normalized spacial score (nSPS) is 11.3. The molecule has 0 aliphatic rings. The largest absolute Gasteiger partial charge is 0.467 e. The Labute approximate surface area is 116 Å². The van der Waals surface area contributed by atoms with Gasteiger partial charge in [0, 0.05) is 0 Å². The summed E-state index contributed by atoms with van der Waals surface area (Å²) in [6.45, 7) is 0.467. The van der Waals surface area contributed by atoms with Crippen molar-refractivity contribution in [3.63, 3.8) is 0 Å². The minimum atomic E-state index is -3.30. The first-order valence-electron chi connectivity index (χ1n) is 5.47. The fourth-order valence-corrected chi connectivity index (χ4v) is 2.27. The van der Waals surface area contributed by atoms with Crippen molar-refractivity contribution < 1.29 is 12.8 Å². The van der Waals surface area contributed by atoms with Gasteiger partial charge in [-0.1, -0.05) is 11.6 Å². The predicted molar refractivity (Wildman–Crippen MR) is 76.0 cm³/mol. The fourth-order valence-electron chi connectivity index (χ4n) is 1.53. The molecular formula is C12H13ClN2O3S. The molecule has 0 bridgehead atoms. The Bertz CT molecular complexity index is 654. The van der Waals surface area contributed by atoms with E-state index in [0.717, 1.165) is 12.0 Å². The van der Waals surface area contributed by atoms with Crippen LogP contribution in [0.25, 0.3) is 0 Å². The van der Waals surface area contributed by atoms with Crippen LogP contribution in [0.15, 0.2) is 41.0 Å². The maximum absolute atomic E-state index is 11.2. The van der Waals surface area contributed by atoms with Gasteiger partial charge >= 0.3 is 0 Å². The molecule has 1 heterocycles. The summed E-state index contributed by atoms with van der Waals surface area (Å²) in [5, 5.41) is 3.59. The Morgan fingerprint density at radius 1 is 1.32 bits per heavy atom. The monoisotopic (exact) mass is 300 g/mol. The van der Waals surface area contributed by atoms with Gasteiger partial charge in [-0.25, -0.2) is 8.42 Å². The molecule has 2 N–H and O–H groups in total. The zero-order chi connectivity index (χ0) is 13.9. The zero-order valence-electron chi connectivity index (χ0n) is 10.2. The van der Waals surface area contributed by atoms with Crippen molar-refractivity contribution in [3.05, 3.63) is 47.4 Å². The van der Waals surface area contributed by atoms with Crippen molar-refractivity contribution in [2.75, 3.05) is 16.3 Å². The molecule has 0 aliphatic carbocycles. The second kappa shape index (κ2) is 5.54. The van der Waals surface area contributed by atoms with Gasteiger partial charge in [0.1, 0.15) is 5.76 Å². The van der Waals surface area contributed by atoms with E-state index in [9.17, 15) is 8.42 Å². The van der Waals surface area contributed by atoms with Crippen LogP contribution < -0.4 is 10.0 Å². The van der Waals surface area contributed by atoms with Crippen LogP contribution in [0.1, 0.15) is 5.76 Å². The highest BCUT2D eigenvalue weighted by molar-refractivity contribution is 7.92. The number of halogens is 1. The molecular weight excluding hydrogens is 288 g/mol. The highest BCUT2D eigenvalue weighted by Crippen LogP contribution is 2.26. The van der Waals surface area contributed by atoms with E-state index in [1.807, 2.05) is 6.07 Å². The van der Waals surface area contributed by atoms with Crippen LogP contribution in [0.3, 0.4) is 0 Å². The Hall–Kier alpha value is -1.66. The van der Waals surface area contributed by atoms with E-state index in [0.29, 0.717) is 22.9 Å². The van der Waals surface area contributed by atoms with Gasteiger partial charge in [-0.15, -0.1) is 0 Å². The second-order valence-electron chi connectivity index (χ2n) is 4.00. The SMILES string of the molecule is CS(=O)(=O)Nc1ccc(Cl)c(NCc2ccco2)c1. The van der Waals surface area contributed by atoms with Gasteiger partial charge in [0.05, 0.1) is 35.5 Å². The average Bonchev–Trinajstić information content (AvgIpc) is 2.81. The summed E-state index contributed by atoms with van der Waals surface area (Å²) in [7, 11) is -3.30. The van der Waals surface area contributed by atoms with Gasteiger partial charge < -0.3 is 9.73 Å². The Morgan fingerprint density at radius 3 is 2.74 bits per heavy atom. The maximum atomic E-state index is 11.2. The lowest BCUT2D eigenvalue weighted by Crippen LogP contribution is -2.10. The van der Waals surface area contributed by atoms with Crippen LogP contribution in [-0.2, 0) is 16.6 Å². The Balaban J connectivity index is 2.13. The Morgan fingerprint density at radius 2 is 2.11 bits per heavy atom. The van der Waals surface area contributed by atoms with Crippen LogP contribution >= 0.6 is 11.6 Å². The third kappa shape index (κ3) is 4.18. The Kier molecular flexibility index (Phi) is 4.01. The molecule has 2 aromatic rings. The number of benzene rings is 1. The smallest absolute Gasteiger partial charge is 0.229 e. The van der Waals surface area contributed by atoms with Crippen LogP contribution in [0.4, 0.5) is 11.4 Å². The first kappa shape index (κ1) is 13.8. The number of hydrogen-bond acceptors (Lipinski definition) is 4. The molecule has 0 radical (unpaired) electrons. The number of sulfonamides is 1. The molecule has 0 fully saturated rings. The average molecular weight is 301 g/mol. The number of rotatable bonds is 5. The van der Waals surface area contributed by atoms with Crippen molar-refractivity contribution in [1.29, 1.82) is 0 Å². The summed E-state index contributed by atoms with van der Waals surface area (Å²) in [6.07, 6.45) is 2.68. The van der Waals surface area contributed by atoms with Crippen molar-refractivity contribution in [3.8, 4) is 0 Å². The molecule has 0 saturated carbocycles. The van der Waals surface area contributed by atoms with Crippen LogP contribution in [0, 0.1) is 0 Å². The molecule has 0 aliphatic heterocycles. The van der Waals surface area contributed by atoms with Gasteiger partial charge in [-0.05, 0) is 30.3 Å². The number of anilines is 2. The van der Waals surface area contributed by atoms with E-state index in [-0.39, 0.29) is 0 Å². The number of nitrogens with one attached hydrogen (secondary N) is 2. The molecule has 0 atom stereocenters. The highest BCUT2D eigenvalue weighted by Gasteiger charge is 2.06. The van der Waals surface area contributed by atoms with Crippen molar-refractivity contribution >= 4 is 33.0 Å². The minimum absolute atomic E-state index is 0.453. The lowest BCUT2D eigenvalue weighted by Gasteiger charge is -2.10. The summed E-state index contributed by atoms with van der Waals surface area (Å²) in [6, 6.07) is 8.48. The number of hydrogen-bond donors (Lipinski definition) is 2. The molecule has 7 heteroatoms. The highest BCUT2D eigenvalue weighted by atomic mass is 35.5. The van der Waals surface area contributed by atoms with Gasteiger partial charge in [0.2, 0.25) is 10.0 Å². The van der Waals surface area contributed by atoms with E-state index < -0.39 is 10.0 Å². The molecule has 0 spiro atoms. The maximum Gasteiger partial charge on any atom is 0.229 e. The van der Waals surface area contributed by atoms with Crippen LogP contribution in [0.2, 0.25) is 5.02 Å². The summed E-state index contributed by atoms with van der Waals surface area (Å²) in [4.78, 5) is 0. The van der Waals surface area contributed by atoms with Gasteiger partial charge in [-0.2, -0.15) is 0 Å². The molecule has 1 aromatic heterocycles. The van der Waals surface area contributed by atoms with E-state index in [4.69, 9.17) is 16.0 Å². The molecule has 102 valence electrons. The lowest BCUT2D eigenvalue weighted by atomic mass is 10.3. The van der Waals surface area contributed by atoms with Crippen molar-refractivity contribution in [2.45, 2.75) is 6.54 Å². The third-order valence-corrected chi connectivity index (χ3v) is 3.24. The van der Waals surface area contributed by atoms with E-state index in [1.54, 1.807) is 30.5 Å². The molecule has 0 amide bonds. The van der Waals surface area contributed by atoms with Gasteiger partial charge in [-0.3, -0.25) is 4.72 Å².